The Hall–Kier alpha value is -0.0800. The molecule has 0 unspecified atom stereocenters. The van der Waals surface area contributed by atoms with Gasteiger partial charge in [-0.3, -0.25) is 0 Å². The second kappa shape index (κ2) is 6.39. The molecule has 1 saturated carbocycles. The highest BCUT2D eigenvalue weighted by Gasteiger charge is 2.28. The van der Waals surface area contributed by atoms with Gasteiger partial charge in [0.25, 0.3) is 0 Å². The summed E-state index contributed by atoms with van der Waals surface area (Å²) in [5.41, 5.74) is 5.53. The molecular formula is C11H23NO. The van der Waals surface area contributed by atoms with E-state index in [0.717, 1.165) is 19.1 Å². The molecule has 1 aliphatic carbocycles. The molecule has 0 aromatic carbocycles. The Balaban J connectivity index is 1.80. The maximum absolute atomic E-state index is 5.70. The Morgan fingerprint density at radius 3 is 2.62 bits per heavy atom. The third-order valence-corrected chi connectivity index (χ3v) is 2.88. The highest BCUT2D eigenvalue weighted by Crippen LogP contribution is 2.28. The molecule has 0 aliphatic heterocycles. The molecule has 1 fully saturated rings. The molecular weight excluding hydrogens is 162 g/mol. The zero-order chi connectivity index (χ0) is 9.52. The third kappa shape index (κ3) is 4.10. The van der Waals surface area contributed by atoms with Gasteiger partial charge in [0.05, 0.1) is 6.10 Å². The molecule has 78 valence electrons. The Bertz CT molecular complexity index is 121. The van der Waals surface area contributed by atoms with Crippen LogP contribution in [-0.4, -0.2) is 19.3 Å². The lowest BCUT2D eigenvalue weighted by Crippen LogP contribution is -2.36. The van der Waals surface area contributed by atoms with Gasteiger partial charge in [-0.15, -0.1) is 0 Å². The van der Waals surface area contributed by atoms with Crippen molar-refractivity contribution in [3.05, 3.63) is 0 Å². The van der Waals surface area contributed by atoms with E-state index in [0.29, 0.717) is 6.10 Å². The molecule has 1 rings (SSSR count). The fourth-order valence-electron chi connectivity index (χ4n) is 1.78. The minimum atomic E-state index is 0.537. The Labute approximate surface area is 81.8 Å². The van der Waals surface area contributed by atoms with Crippen LogP contribution in [0, 0.1) is 5.92 Å². The molecule has 2 nitrogen and oxygen atoms in total. The average Bonchev–Trinajstić information content (AvgIpc) is 2.08. The number of rotatable bonds is 7. The minimum Gasteiger partial charge on any atom is -0.378 e. The largest absolute Gasteiger partial charge is 0.378 e. The van der Waals surface area contributed by atoms with Gasteiger partial charge in [0.1, 0.15) is 0 Å². The zero-order valence-electron chi connectivity index (χ0n) is 8.80. The molecule has 0 aromatic heterocycles. The molecule has 1 aliphatic rings. The summed E-state index contributed by atoms with van der Waals surface area (Å²) in [5.74, 6) is 0.751. The van der Waals surface area contributed by atoms with Crippen molar-refractivity contribution in [2.24, 2.45) is 11.7 Å². The van der Waals surface area contributed by atoms with Crippen molar-refractivity contribution in [3.8, 4) is 0 Å². The van der Waals surface area contributed by atoms with Crippen LogP contribution in [0.1, 0.15) is 45.4 Å². The smallest absolute Gasteiger partial charge is 0.0581 e. The summed E-state index contributed by atoms with van der Waals surface area (Å²) in [6, 6.07) is 0. The monoisotopic (exact) mass is 185 g/mol. The first-order chi connectivity index (χ1) is 6.36. The number of unbranched alkanes of at least 4 members (excludes halogenated alkanes) is 3. The SMILES string of the molecule is CCCCCCOC1CC(CN)C1. The average molecular weight is 185 g/mol. The van der Waals surface area contributed by atoms with Gasteiger partial charge in [-0.05, 0) is 31.7 Å². The first-order valence-electron chi connectivity index (χ1n) is 5.68. The van der Waals surface area contributed by atoms with Gasteiger partial charge in [0.15, 0.2) is 0 Å². The van der Waals surface area contributed by atoms with Crippen LogP contribution >= 0.6 is 0 Å². The van der Waals surface area contributed by atoms with Crippen LogP contribution in [-0.2, 0) is 4.74 Å². The van der Waals surface area contributed by atoms with Crippen LogP contribution in [0.2, 0.25) is 0 Å². The second-order valence-electron chi connectivity index (χ2n) is 4.13. The number of hydrogen-bond donors (Lipinski definition) is 1. The van der Waals surface area contributed by atoms with E-state index in [1.165, 1.54) is 38.5 Å². The van der Waals surface area contributed by atoms with Crippen LogP contribution in [0.15, 0.2) is 0 Å². The maximum atomic E-state index is 5.70. The Morgan fingerprint density at radius 1 is 1.23 bits per heavy atom. The molecule has 0 amide bonds. The standard InChI is InChI=1S/C11H23NO/c1-2-3-4-5-6-13-11-7-10(8-11)9-12/h10-11H,2-9,12H2,1H3. The molecule has 2 heteroatoms. The Morgan fingerprint density at radius 2 is 2.00 bits per heavy atom. The topological polar surface area (TPSA) is 35.2 Å². The summed E-state index contributed by atoms with van der Waals surface area (Å²) in [6.45, 7) is 4.04. The van der Waals surface area contributed by atoms with Gasteiger partial charge < -0.3 is 10.5 Å². The lowest BCUT2D eigenvalue weighted by atomic mass is 9.82. The summed E-state index contributed by atoms with van der Waals surface area (Å²) in [6.07, 6.45) is 8.14. The first kappa shape index (κ1) is 11.0. The van der Waals surface area contributed by atoms with E-state index in [9.17, 15) is 0 Å². The van der Waals surface area contributed by atoms with Crippen molar-refractivity contribution in [2.75, 3.05) is 13.2 Å². The van der Waals surface area contributed by atoms with Crippen LogP contribution in [0.25, 0.3) is 0 Å². The van der Waals surface area contributed by atoms with Crippen molar-refractivity contribution in [1.82, 2.24) is 0 Å². The first-order valence-corrected chi connectivity index (χ1v) is 5.68. The molecule has 0 spiro atoms. The lowest BCUT2D eigenvalue weighted by Gasteiger charge is -2.34. The van der Waals surface area contributed by atoms with Crippen molar-refractivity contribution < 1.29 is 4.74 Å². The van der Waals surface area contributed by atoms with Gasteiger partial charge >= 0.3 is 0 Å². The van der Waals surface area contributed by atoms with Gasteiger partial charge in [0.2, 0.25) is 0 Å². The Kier molecular flexibility index (Phi) is 5.40. The highest BCUT2D eigenvalue weighted by atomic mass is 16.5. The summed E-state index contributed by atoms with van der Waals surface area (Å²) >= 11 is 0. The zero-order valence-corrected chi connectivity index (χ0v) is 8.80. The normalized spacial score (nSPS) is 27.2. The van der Waals surface area contributed by atoms with E-state index in [1.54, 1.807) is 0 Å². The fraction of sp³-hybridized carbons (Fsp3) is 1.00. The summed E-state index contributed by atoms with van der Waals surface area (Å²) in [4.78, 5) is 0. The van der Waals surface area contributed by atoms with Crippen molar-refractivity contribution in [2.45, 2.75) is 51.6 Å². The predicted octanol–water partition coefficient (Wildman–Crippen LogP) is 2.32. The van der Waals surface area contributed by atoms with Crippen molar-refractivity contribution >= 4 is 0 Å². The summed E-state index contributed by atoms with van der Waals surface area (Å²) in [5, 5.41) is 0. The van der Waals surface area contributed by atoms with Crippen LogP contribution in [0.5, 0.6) is 0 Å². The van der Waals surface area contributed by atoms with Gasteiger partial charge in [0, 0.05) is 6.61 Å². The highest BCUT2D eigenvalue weighted by molar-refractivity contribution is 4.80. The quantitative estimate of drug-likeness (QED) is 0.618. The molecule has 0 aromatic rings. The lowest BCUT2D eigenvalue weighted by molar-refractivity contribution is -0.0291. The van der Waals surface area contributed by atoms with E-state index in [2.05, 4.69) is 6.92 Å². The van der Waals surface area contributed by atoms with Crippen LogP contribution in [0.3, 0.4) is 0 Å². The van der Waals surface area contributed by atoms with Crippen LogP contribution < -0.4 is 5.73 Å². The molecule has 0 bridgehead atoms. The molecule has 0 heterocycles. The van der Waals surface area contributed by atoms with E-state index < -0.39 is 0 Å². The number of nitrogens with two attached hydrogens (primary N) is 1. The van der Waals surface area contributed by atoms with Gasteiger partial charge in [-0.2, -0.15) is 0 Å². The predicted molar refractivity (Wildman–Crippen MR) is 55.7 cm³/mol. The fourth-order valence-corrected chi connectivity index (χ4v) is 1.78. The maximum Gasteiger partial charge on any atom is 0.0581 e. The van der Waals surface area contributed by atoms with E-state index in [-0.39, 0.29) is 0 Å². The van der Waals surface area contributed by atoms with Crippen molar-refractivity contribution in [1.29, 1.82) is 0 Å². The van der Waals surface area contributed by atoms with E-state index in [4.69, 9.17) is 10.5 Å². The number of ether oxygens (including phenoxy) is 1. The van der Waals surface area contributed by atoms with Crippen LogP contribution in [0.4, 0.5) is 0 Å². The van der Waals surface area contributed by atoms with Gasteiger partial charge in [-0.1, -0.05) is 26.2 Å². The van der Waals surface area contributed by atoms with Gasteiger partial charge in [-0.25, -0.2) is 0 Å². The second-order valence-corrected chi connectivity index (χ2v) is 4.13. The molecule has 13 heavy (non-hydrogen) atoms. The summed E-state index contributed by atoms with van der Waals surface area (Å²) < 4.78 is 5.70. The minimum absolute atomic E-state index is 0.537. The number of hydrogen-bond acceptors (Lipinski definition) is 2. The third-order valence-electron chi connectivity index (χ3n) is 2.88. The van der Waals surface area contributed by atoms with E-state index >= 15 is 0 Å². The molecule has 0 radical (unpaired) electrons. The molecule has 0 atom stereocenters. The summed E-state index contributed by atoms with van der Waals surface area (Å²) in [7, 11) is 0. The van der Waals surface area contributed by atoms with Crippen molar-refractivity contribution in [3.63, 3.8) is 0 Å². The molecule has 2 N–H and O–H groups in total. The van der Waals surface area contributed by atoms with E-state index in [1.807, 2.05) is 0 Å². The molecule has 0 saturated heterocycles.